The van der Waals surface area contributed by atoms with Crippen LogP contribution in [0.15, 0.2) is 0 Å². The summed E-state index contributed by atoms with van der Waals surface area (Å²) in [5, 5.41) is 128. The number of carbonyl (C=O) groups is 2. The lowest BCUT2D eigenvalue weighted by Crippen LogP contribution is -2.67. The van der Waals surface area contributed by atoms with E-state index in [1.54, 1.807) is 6.92 Å². The Balaban J connectivity index is 1.54. The van der Waals surface area contributed by atoms with E-state index < -0.39 is 160 Å². The van der Waals surface area contributed by atoms with Crippen LogP contribution in [0.4, 0.5) is 0 Å². The average Bonchev–Trinajstić information content (AvgIpc) is 3.28. The van der Waals surface area contributed by atoms with Gasteiger partial charge in [-0.3, -0.25) is 9.59 Å². The van der Waals surface area contributed by atoms with E-state index in [9.17, 15) is 65.8 Å². The third-order valence-electron chi connectivity index (χ3n) is 12.7. The minimum Gasteiger partial charge on any atom is -0.481 e. The van der Waals surface area contributed by atoms with Crippen LogP contribution in [0.1, 0.15) is 118 Å². The number of hydrogen-bond acceptors (Lipinski definition) is 22. The SMILES string of the molecule is CCCC[C@@H](CCCCCCCC[C@H](O)CC(=O)O)O[C@@H]1O[C@H](CO[C@@H]2O[C@@H](C)[C@H](O)[C@@H](O)[C@H]2O)[C@@H](O)[C@H](O)[C@H]1O[C@@H]1O[C@H](CO)[C@@H](O)[C@H](O)[C@H]1O[C@@H]1O[C@@H](C)[C@H](OC(=O)CCC)[C@@H](O)[C@H]1O. The Kier molecular flexibility index (Phi) is 24.4. The molecule has 67 heavy (non-hydrogen) atoms. The summed E-state index contributed by atoms with van der Waals surface area (Å²) in [6.45, 7) is 5.29. The molecular formula is C44H78O23. The van der Waals surface area contributed by atoms with E-state index in [2.05, 4.69) is 0 Å². The Morgan fingerprint density at radius 1 is 0.552 bits per heavy atom. The number of carbonyl (C=O) groups excluding carboxylic acids is 1. The Hall–Kier alpha value is -1.82. The van der Waals surface area contributed by atoms with Gasteiger partial charge in [-0.15, -0.1) is 0 Å². The number of aliphatic hydroxyl groups is 11. The summed E-state index contributed by atoms with van der Waals surface area (Å²) < 4.78 is 53.3. The lowest BCUT2D eigenvalue weighted by molar-refractivity contribution is -0.396. The van der Waals surface area contributed by atoms with Gasteiger partial charge in [0, 0.05) is 6.42 Å². The van der Waals surface area contributed by atoms with Gasteiger partial charge in [0.15, 0.2) is 31.3 Å². The molecule has 12 N–H and O–H groups in total. The smallest absolute Gasteiger partial charge is 0.306 e. The second-order valence-corrected chi connectivity index (χ2v) is 18.2. The van der Waals surface area contributed by atoms with Crippen LogP contribution >= 0.6 is 0 Å². The molecule has 23 nitrogen and oxygen atoms in total. The van der Waals surface area contributed by atoms with Crippen LogP contribution in [0.25, 0.3) is 0 Å². The summed E-state index contributed by atoms with van der Waals surface area (Å²) >= 11 is 0. The van der Waals surface area contributed by atoms with Crippen molar-refractivity contribution >= 4 is 11.9 Å². The fourth-order valence-electron chi connectivity index (χ4n) is 8.62. The number of carboxylic acids is 1. The van der Waals surface area contributed by atoms with Crippen molar-refractivity contribution in [3.05, 3.63) is 0 Å². The number of aliphatic carboxylic acids is 1. The zero-order valence-electron chi connectivity index (χ0n) is 38.9. The van der Waals surface area contributed by atoms with Crippen LogP contribution in [-0.4, -0.2) is 221 Å². The lowest BCUT2D eigenvalue weighted by Gasteiger charge is -2.49. The van der Waals surface area contributed by atoms with Crippen molar-refractivity contribution in [2.45, 2.75) is 253 Å². The van der Waals surface area contributed by atoms with Gasteiger partial charge < -0.3 is 104 Å². The van der Waals surface area contributed by atoms with Gasteiger partial charge >= 0.3 is 11.9 Å². The number of unbranched alkanes of at least 4 members (excludes halogenated alkanes) is 6. The fraction of sp³-hybridized carbons (Fsp3) is 0.955. The van der Waals surface area contributed by atoms with Crippen molar-refractivity contribution in [3.8, 4) is 0 Å². The maximum absolute atomic E-state index is 12.3. The topological polar surface area (TPSA) is 360 Å². The zero-order valence-corrected chi connectivity index (χ0v) is 38.9. The van der Waals surface area contributed by atoms with Crippen LogP contribution < -0.4 is 0 Å². The normalized spacial score (nSPS) is 40.3. The highest BCUT2D eigenvalue weighted by Gasteiger charge is 2.55. The molecule has 0 unspecified atom stereocenters. The minimum absolute atomic E-state index is 0.0448. The quantitative estimate of drug-likeness (QED) is 0.0319. The summed E-state index contributed by atoms with van der Waals surface area (Å²) in [6, 6.07) is 0. The molecule has 4 aliphatic rings. The van der Waals surface area contributed by atoms with Gasteiger partial charge in [-0.25, -0.2) is 0 Å². The molecule has 4 aliphatic heterocycles. The first kappa shape index (κ1) is 57.8. The first-order chi connectivity index (χ1) is 31.8. The standard InChI is InChI=1S/C44H78O23/c1-5-7-16-24(17-13-11-9-8-10-12-15-23(46)18-27(47)48)62-43-39(34(55)31(52)26(64-43)20-59-41-36(57)32(53)29(50)21(3)60-41)67-44-40(33(54)30(51)25(19-45)63-44)66-42-37(58)35(56)38(22(4)61-42)65-28(49)14-6-2/h21-26,29-46,50-58H,5-20H2,1-4H3,(H,47,48)/t21-,22-,23-,24-,25+,26+,29-,30+,31+,32+,33-,34-,35-,36+,37+,38-,39+,40+,41+,42-,43+,44-/m0/s1. The first-order valence-corrected chi connectivity index (χ1v) is 23.9. The highest BCUT2D eigenvalue weighted by Crippen LogP contribution is 2.35. The van der Waals surface area contributed by atoms with Gasteiger partial charge in [0.25, 0.3) is 0 Å². The van der Waals surface area contributed by atoms with Crippen molar-refractivity contribution in [1.29, 1.82) is 0 Å². The van der Waals surface area contributed by atoms with Gasteiger partial charge in [0.05, 0.1) is 44.1 Å². The molecule has 0 aromatic rings. The average molecular weight is 975 g/mol. The summed E-state index contributed by atoms with van der Waals surface area (Å²) in [5.74, 6) is -1.69. The molecule has 0 spiro atoms. The van der Waals surface area contributed by atoms with E-state index in [0.717, 1.165) is 38.5 Å². The van der Waals surface area contributed by atoms with Crippen molar-refractivity contribution in [2.75, 3.05) is 13.2 Å². The minimum atomic E-state index is -1.92. The highest BCUT2D eigenvalue weighted by atomic mass is 16.8. The zero-order chi connectivity index (χ0) is 49.5. The van der Waals surface area contributed by atoms with Crippen molar-refractivity contribution in [2.24, 2.45) is 0 Å². The molecule has 4 rings (SSSR count). The number of aliphatic hydroxyl groups excluding tert-OH is 11. The molecule has 0 aromatic carbocycles. The van der Waals surface area contributed by atoms with Gasteiger partial charge in [0.2, 0.25) is 0 Å². The maximum atomic E-state index is 12.3. The highest BCUT2D eigenvalue weighted by molar-refractivity contribution is 5.69. The Morgan fingerprint density at radius 3 is 1.72 bits per heavy atom. The molecule has 392 valence electrons. The van der Waals surface area contributed by atoms with Crippen LogP contribution in [0.5, 0.6) is 0 Å². The van der Waals surface area contributed by atoms with E-state index in [-0.39, 0.29) is 12.8 Å². The number of esters is 1. The molecule has 0 bridgehead atoms. The van der Waals surface area contributed by atoms with E-state index in [1.807, 2.05) is 6.92 Å². The number of carboxylic acid groups (broad SMARTS) is 1. The summed E-state index contributed by atoms with van der Waals surface area (Å²) in [5.41, 5.74) is 0. The second kappa shape index (κ2) is 28.3. The lowest BCUT2D eigenvalue weighted by atomic mass is 9.96. The Labute approximate surface area is 390 Å². The van der Waals surface area contributed by atoms with Crippen molar-refractivity contribution < 1.29 is 113 Å². The monoisotopic (exact) mass is 974 g/mol. The summed E-state index contributed by atoms with van der Waals surface area (Å²) in [7, 11) is 0. The van der Waals surface area contributed by atoms with Crippen LogP contribution in [0.2, 0.25) is 0 Å². The molecule has 4 heterocycles. The van der Waals surface area contributed by atoms with Gasteiger partial charge in [-0.1, -0.05) is 65.2 Å². The van der Waals surface area contributed by atoms with Gasteiger partial charge in [-0.2, -0.15) is 0 Å². The molecule has 0 aromatic heterocycles. The number of rotatable bonds is 27. The van der Waals surface area contributed by atoms with Gasteiger partial charge in [-0.05, 0) is 39.5 Å². The van der Waals surface area contributed by atoms with E-state index >= 15 is 0 Å². The molecule has 0 saturated carbocycles. The predicted octanol–water partition coefficient (Wildman–Crippen LogP) is -1.80. The number of ether oxygens (including phenoxy) is 9. The van der Waals surface area contributed by atoms with Gasteiger partial charge in [0.1, 0.15) is 79.4 Å². The largest absolute Gasteiger partial charge is 0.481 e. The van der Waals surface area contributed by atoms with Crippen LogP contribution in [0.3, 0.4) is 0 Å². The number of hydrogen-bond donors (Lipinski definition) is 12. The maximum Gasteiger partial charge on any atom is 0.306 e. The Morgan fingerprint density at radius 2 is 1.09 bits per heavy atom. The molecule has 0 aliphatic carbocycles. The van der Waals surface area contributed by atoms with E-state index in [0.29, 0.717) is 38.5 Å². The fourth-order valence-corrected chi connectivity index (χ4v) is 8.62. The molecule has 0 amide bonds. The molecule has 4 saturated heterocycles. The van der Waals surface area contributed by atoms with Crippen LogP contribution in [0, 0.1) is 0 Å². The third kappa shape index (κ3) is 16.4. The van der Waals surface area contributed by atoms with Crippen molar-refractivity contribution in [1.82, 2.24) is 0 Å². The van der Waals surface area contributed by atoms with Crippen molar-refractivity contribution in [3.63, 3.8) is 0 Å². The van der Waals surface area contributed by atoms with E-state index in [4.69, 9.17) is 47.7 Å². The van der Waals surface area contributed by atoms with Crippen LogP contribution in [-0.2, 0) is 52.2 Å². The molecule has 4 fully saturated rings. The summed E-state index contributed by atoms with van der Waals surface area (Å²) in [6.07, 6.45) is -25.5. The molecule has 23 heteroatoms. The van der Waals surface area contributed by atoms with E-state index in [1.165, 1.54) is 13.8 Å². The Bertz CT molecular complexity index is 1430. The summed E-state index contributed by atoms with van der Waals surface area (Å²) in [4.78, 5) is 23.1. The molecular weight excluding hydrogens is 896 g/mol. The first-order valence-electron chi connectivity index (χ1n) is 23.9. The molecule has 0 radical (unpaired) electrons. The second-order valence-electron chi connectivity index (χ2n) is 18.2. The predicted molar refractivity (Wildman–Crippen MR) is 227 cm³/mol. The molecule has 22 atom stereocenters. The third-order valence-corrected chi connectivity index (χ3v) is 12.7.